The third-order valence-electron chi connectivity index (χ3n) is 11.6. The van der Waals surface area contributed by atoms with Crippen molar-refractivity contribution < 1.29 is 4.42 Å². The number of para-hydroxylation sites is 1. The maximum absolute atomic E-state index is 6.28. The van der Waals surface area contributed by atoms with E-state index in [0.717, 1.165) is 33.3 Å². The van der Waals surface area contributed by atoms with Crippen molar-refractivity contribution in [3.8, 4) is 22.3 Å². The summed E-state index contributed by atoms with van der Waals surface area (Å²) in [6, 6.07) is 64.3. The normalized spacial score (nSPS) is 13.2. The van der Waals surface area contributed by atoms with Gasteiger partial charge in [0.25, 0.3) is 0 Å². The monoisotopic (exact) mass is 677 g/mol. The Morgan fingerprint density at radius 2 is 1.09 bits per heavy atom. The molecule has 1 heterocycles. The van der Waals surface area contributed by atoms with E-state index in [1.54, 1.807) is 0 Å². The van der Waals surface area contributed by atoms with Gasteiger partial charge in [-0.05, 0) is 103 Å². The van der Waals surface area contributed by atoms with Crippen LogP contribution in [0.2, 0.25) is 0 Å². The Labute approximate surface area is 308 Å². The second-order valence-corrected chi connectivity index (χ2v) is 14.9. The summed E-state index contributed by atoms with van der Waals surface area (Å²) in [7, 11) is 0. The van der Waals surface area contributed by atoms with E-state index in [1.165, 1.54) is 71.4 Å². The predicted molar refractivity (Wildman–Crippen MR) is 224 cm³/mol. The zero-order valence-electron chi connectivity index (χ0n) is 29.6. The second kappa shape index (κ2) is 11.2. The molecule has 1 aromatic heterocycles. The molecule has 0 saturated heterocycles. The molecular weight excluding hydrogens is 643 g/mol. The molecule has 0 spiro atoms. The van der Waals surface area contributed by atoms with Crippen molar-refractivity contribution in [2.45, 2.75) is 19.3 Å². The van der Waals surface area contributed by atoms with Crippen LogP contribution in [0.5, 0.6) is 0 Å². The lowest BCUT2D eigenvalue weighted by Gasteiger charge is -2.29. The number of hydrogen-bond donors (Lipinski definition) is 0. The van der Waals surface area contributed by atoms with Gasteiger partial charge < -0.3 is 9.32 Å². The minimum Gasteiger partial charge on any atom is -0.456 e. The molecule has 53 heavy (non-hydrogen) atoms. The van der Waals surface area contributed by atoms with Crippen molar-refractivity contribution in [1.29, 1.82) is 0 Å². The van der Waals surface area contributed by atoms with Gasteiger partial charge in [0, 0.05) is 33.1 Å². The van der Waals surface area contributed by atoms with Crippen molar-refractivity contribution in [3.63, 3.8) is 0 Å². The van der Waals surface area contributed by atoms with Gasteiger partial charge in [-0.1, -0.05) is 147 Å². The van der Waals surface area contributed by atoms with Crippen molar-refractivity contribution in [2.24, 2.45) is 0 Å². The molecule has 1 aliphatic rings. The fraction of sp³-hybridized carbons (Fsp3) is 0.0588. The second-order valence-electron chi connectivity index (χ2n) is 14.9. The van der Waals surface area contributed by atoms with Crippen LogP contribution in [0.1, 0.15) is 25.0 Å². The maximum atomic E-state index is 6.28. The molecule has 0 N–H and O–H groups in total. The number of hydrogen-bond acceptors (Lipinski definition) is 2. The first-order chi connectivity index (χ1) is 26.0. The van der Waals surface area contributed by atoms with Gasteiger partial charge >= 0.3 is 0 Å². The highest BCUT2D eigenvalue weighted by atomic mass is 16.3. The molecule has 2 heteroatoms. The van der Waals surface area contributed by atoms with Gasteiger partial charge in [-0.15, -0.1) is 0 Å². The first-order valence-electron chi connectivity index (χ1n) is 18.4. The van der Waals surface area contributed by atoms with Crippen LogP contribution >= 0.6 is 0 Å². The van der Waals surface area contributed by atoms with Crippen molar-refractivity contribution in [1.82, 2.24) is 0 Å². The van der Waals surface area contributed by atoms with Crippen LogP contribution in [0.15, 0.2) is 180 Å². The smallest absolute Gasteiger partial charge is 0.135 e. The van der Waals surface area contributed by atoms with E-state index >= 15 is 0 Å². The highest BCUT2D eigenvalue weighted by molar-refractivity contribution is 6.21. The van der Waals surface area contributed by atoms with E-state index in [2.05, 4.69) is 183 Å². The summed E-state index contributed by atoms with van der Waals surface area (Å²) in [6.07, 6.45) is 0. The fourth-order valence-corrected chi connectivity index (χ4v) is 9.11. The molecule has 0 aliphatic heterocycles. The minimum atomic E-state index is -0.107. The molecule has 0 amide bonds. The van der Waals surface area contributed by atoms with Crippen LogP contribution in [-0.4, -0.2) is 0 Å². The molecule has 0 fully saturated rings. The third kappa shape index (κ3) is 4.39. The van der Waals surface area contributed by atoms with E-state index in [-0.39, 0.29) is 5.41 Å². The average Bonchev–Trinajstić information content (AvgIpc) is 3.69. The van der Waals surface area contributed by atoms with Crippen LogP contribution < -0.4 is 4.90 Å². The quantitative estimate of drug-likeness (QED) is 0.172. The topological polar surface area (TPSA) is 16.4 Å². The summed E-state index contributed by atoms with van der Waals surface area (Å²) in [4.78, 5) is 2.44. The van der Waals surface area contributed by atoms with Gasteiger partial charge in [-0.3, -0.25) is 0 Å². The number of anilines is 3. The fourth-order valence-electron chi connectivity index (χ4n) is 9.11. The summed E-state index contributed by atoms with van der Waals surface area (Å²) < 4.78 is 6.28. The van der Waals surface area contributed by atoms with Crippen molar-refractivity contribution in [2.75, 3.05) is 4.90 Å². The molecular formula is C51H35NO. The number of rotatable bonds is 4. The molecule has 0 radical (unpaired) electrons. The summed E-state index contributed by atoms with van der Waals surface area (Å²) in [5.41, 5.74) is 12.8. The van der Waals surface area contributed by atoms with Crippen LogP contribution in [0.3, 0.4) is 0 Å². The number of benzene rings is 9. The lowest BCUT2D eigenvalue weighted by molar-refractivity contribution is 0.660. The van der Waals surface area contributed by atoms with Crippen LogP contribution in [0.4, 0.5) is 17.1 Å². The number of furan rings is 1. The Bertz CT molecular complexity index is 3090. The van der Waals surface area contributed by atoms with Gasteiger partial charge in [0.2, 0.25) is 0 Å². The highest BCUT2D eigenvalue weighted by Crippen LogP contribution is 2.54. The Morgan fingerprint density at radius 1 is 0.434 bits per heavy atom. The molecule has 0 bridgehead atoms. The molecule has 1 aliphatic carbocycles. The van der Waals surface area contributed by atoms with E-state index in [4.69, 9.17) is 4.42 Å². The zero-order chi connectivity index (χ0) is 35.3. The molecule has 250 valence electrons. The lowest BCUT2D eigenvalue weighted by atomic mass is 9.82. The summed E-state index contributed by atoms with van der Waals surface area (Å²) in [5.74, 6) is 0. The molecule has 10 aromatic rings. The third-order valence-corrected chi connectivity index (χ3v) is 11.6. The molecule has 11 rings (SSSR count). The van der Waals surface area contributed by atoms with E-state index in [0.29, 0.717) is 0 Å². The van der Waals surface area contributed by atoms with E-state index in [9.17, 15) is 0 Å². The van der Waals surface area contributed by atoms with Gasteiger partial charge in [0.05, 0.1) is 5.69 Å². The molecule has 9 aromatic carbocycles. The SMILES string of the molecule is CC1(C)c2ccccc2-c2c(N(c3ccc(-c4cccc5ccc6c7ccccc7ccc6c45)cc3)c3ccc4oc5ccccc5c4c3)cccc21. The predicted octanol–water partition coefficient (Wildman–Crippen LogP) is 14.5. The van der Waals surface area contributed by atoms with Crippen molar-refractivity contribution >= 4 is 71.3 Å². The highest BCUT2D eigenvalue weighted by Gasteiger charge is 2.37. The molecule has 0 atom stereocenters. The maximum Gasteiger partial charge on any atom is 0.135 e. The van der Waals surface area contributed by atoms with Crippen LogP contribution in [0.25, 0.3) is 76.5 Å². The summed E-state index contributed by atoms with van der Waals surface area (Å²) >= 11 is 0. The standard InChI is InChI=1S/C51H35NO/c1-51(2)44-17-7-5-15-42(44)50-45(51)18-10-19-46(50)52(36-27-30-48-43(31-36)40-14-6-8-20-47(40)53-48)35-25-21-33(22-26-35)38-16-9-12-34-24-28-39-37-13-4-3-11-32(37)23-29-41(39)49(34)38/h3-31H,1-2H3. The van der Waals surface area contributed by atoms with Gasteiger partial charge in [-0.25, -0.2) is 0 Å². The first kappa shape index (κ1) is 30.0. The van der Waals surface area contributed by atoms with Gasteiger partial charge in [-0.2, -0.15) is 0 Å². The molecule has 0 unspecified atom stereocenters. The largest absolute Gasteiger partial charge is 0.456 e. The Morgan fingerprint density at radius 3 is 2.00 bits per heavy atom. The lowest BCUT2D eigenvalue weighted by Crippen LogP contribution is -2.16. The summed E-state index contributed by atoms with van der Waals surface area (Å²) in [5, 5.41) is 9.90. The van der Waals surface area contributed by atoms with E-state index < -0.39 is 0 Å². The van der Waals surface area contributed by atoms with Crippen LogP contribution in [-0.2, 0) is 5.41 Å². The number of nitrogens with zero attached hydrogens (tertiary/aromatic N) is 1. The summed E-state index contributed by atoms with van der Waals surface area (Å²) in [6.45, 7) is 4.70. The molecule has 0 saturated carbocycles. The minimum absolute atomic E-state index is 0.107. The number of fused-ring (bicyclic) bond motifs is 11. The van der Waals surface area contributed by atoms with E-state index in [1.807, 2.05) is 12.1 Å². The van der Waals surface area contributed by atoms with Crippen molar-refractivity contribution in [3.05, 3.63) is 187 Å². The van der Waals surface area contributed by atoms with Gasteiger partial charge in [0.1, 0.15) is 11.2 Å². The Kier molecular flexibility index (Phi) is 6.33. The van der Waals surface area contributed by atoms with Gasteiger partial charge in [0.15, 0.2) is 0 Å². The Hall–Kier alpha value is -6.64. The molecule has 2 nitrogen and oxygen atoms in total. The van der Waals surface area contributed by atoms with Crippen LogP contribution in [0, 0.1) is 0 Å². The zero-order valence-corrected chi connectivity index (χ0v) is 29.6. The Balaban J connectivity index is 1.12. The average molecular weight is 678 g/mol. The first-order valence-corrected chi connectivity index (χ1v) is 18.4.